The quantitative estimate of drug-likeness (QED) is 0.699. The zero-order chi connectivity index (χ0) is 21.1. The van der Waals surface area contributed by atoms with Gasteiger partial charge >= 0.3 is 11.9 Å². The van der Waals surface area contributed by atoms with Crippen LogP contribution in [0.1, 0.15) is 41.5 Å². The maximum atomic E-state index is 12.7. The minimum absolute atomic E-state index is 0.178. The van der Waals surface area contributed by atoms with E-state index in [9.17, 15) is 14.4 Å². The van der Waals surface area contributed by atoms with Gasteiger partial charge in [-0.05, 0) is 39.7 Å². The Bertz CT molecular complexity index is 944. The van der Waals surface area contributed by atoms with Crippen LogP contribution in [-0.4, -0.2) is 63.8 Å². The third-order valence-electron chi connectivity index (χ3n) is 5.11. The van der Waals surface area contributed by atoms with E-state index in [1.54, 1.807) is 43.5 Å². The standard InChI is InChI=1S/C20H26N4O5/c1-5-28-19(26)14-6-8-24(9-7-14)16(25)11-29-20(27)15-10-12(2)21-18-17(15)13(3)22-23(18)4/h10,14H,5-9,11H2,1-4H3. The first kappa shape index (κ1) is 20.8. The number of aromatic nitrogens is 3. The first-order valence-electron chi connectivity index (χ1n) is 9.74. The predicted molar refractivity (Wildman–Crippen MR) is 104 cm³/mol. The second-order valence-corrected chi connectivity index (χ2v) is 7.20. The van der Waals surface area contributed by atoms with Gasteiger partial charge in [-0.15, -0.1) is 0 Å². The smallest absolute Gasteiger partial charge is 0.339 e. The number of amides is 1. The van der Waals surface area contributed by atoms with Crippen molar-refractivity contribution in [2.75, 3.05) is 26.3 Å². The lowest BCUT2D eigenvalue weighted by molar-refractivity contribution is -0.151. The molecule has 1 aliphatic heterocycles. The molecule has 0 radical (unpaired) electrons. The van der Waals surface area contributed by atoms with Crippen LogP contribution in [0.15, 0.2) is 6.07 Å². The molecule has 1 aliphatic rings. The van der Waals surface area contributed by atoms with Gasteiger partial charge in [-0.2, -0.15) is 5.10 Å². The van der Waals surface area contributed by atoms with Crippen molar-refractivity contribution >= 4 is 28.9 Å². The second kappa shape index (κ2) is 8.59. The number of hydrogen-bond donors (Lipinski definition) is 0. The van der Waals surface area contributed by atoms with Crippen molar-refractivity contribution in [3.05, 3.63) is 23.0 Å². The summed E-state index contributed by atoms with van der Waals surface area (Å²) in [6.07, 6.45) is 1.11. The van der Waals surface area contributed by atoms with Crippen molar-refractivity contribution in [1.82, 2.24) is 19.7 Å². The molecule has 156 valence electrons. The van der Waals surface area contributed by atoms with Crippen LogP contribution in [0.2, 0.25) is 0 Å². The van der Waals surface area contributed by atoms with Gasteiger partial charge in [-0.1, -0.05) is 0 Å². The van der Waals surface area contributed by atoms with E-state index in [0.717, 1.165) is 0 Å². The Morgan fingerprint density at radius 2 is 1.86 bits per heavy atom. The fourth-order valence-electron chi connectivity index (χ4n) is 3.65. The zero-order valence-electron chi connectivity index (χ0n) is 17.2. The number of rotatable bonds is 5. The van der Waals surface area contributed by atoms with Crippen molar-refractivity contribution in [3.63, 3.8) is 0 Å². The number of carbonyl (C=O) groups is 3. The molecule has 0 aliphatic carbocycles. The fourth-order valence-corrected chi connectivity index (χ4v) is 3.65. The van der Waals surface area contributed by atoms with Crippen LogP contribution in [0.3, 0.4) is 0 Å². The SMILES string of the molecule is CCOC(=O)C1CCN(C(=O)COC(=O)c2cc(C)nc3c2c(C)nn3C)CC1. The molecule has 9 heteroatoms. The van der Waals surface area contributed by atoms with Crippen LogP contribution in [0.5, 0.6) is 0 Å². The maximum Gasteiger partial charge on any atom is 0.339 e. The van der Waals surface area contributed by atoms with Crippen molar-refractivity contribution in [3.8, 4) is 0 Å². The average Bonchev–Trinajstić information content (AvgIpc) is 2.99. The second-order valence-electron chi connectivity index (χ2n) is 7.20. The van der Waals surface area contributed by atoms with E-state index in [0.29, 0.717) is 60.5 Å². The highest BCUT2D eigenvalue weighted by atomic mass is 16.5. The minimum atomic E-state index is -0.577. The lowest BCUT2D eigenvalue weighted by Gasteiger charge is -2.30. The van der Waals surface area contributed by atoms with E-state index in [2.05, 4.69) is 10.1 Å². The summed E-state index contributed by atoms with van der Waals surface area (Å²) >= 11 is 0. The lowest BCUT2D eigenvalue weighted by atomic mass is 9.97. The van der Waals surface area contributed by atoms with Crippen molar-refractivity contribution < 1.29 is 23.9 Å². The first-order chi connectivity index (χ1) is 13.8. The molecular formula is C20H26N4O5. The molecule has 0 atom stereocenters. The van der Waals surface area contributed by atoms with Gasteiger partial charge in [0.25, 0.3) is 5.91 Å². The van der Waals surface area contributed by atoms with Crippen LogP contribution < -0.4 is 0 Å². The van der Waals surface area contributed by atoms with Crippen LogP contribution in [-0.2, 0) is 26.1 Å². The summed E-state index contributed by atoms with van der Waals surface area (Å²) in [4.78, 5) is 42.9. The zero-order valence-corrected chi connectivity index (χ0v) is 17.2. The number of esters is 2. The molecule has 1 fully saturated rings. The van der Waals surface area contributed by atoms with Crippen molar-refractivity contribution in [1.29, 1.82) is 0 Å². The summed E-state index contributed by atoms with van der Waals surface area (Å²) in [5, 5.41) is 4.94. The average molecular weight is 402 g/mol. The van der Waals surface area contributed by atoms with Gasteiger partial charge in [0.15, 0.2) is 12.3 Å². The summed E-state index contributed by atoms with van der Waals surface area (Å²) in [6.45, 7) is 6.26. The number of aryl methyl sites for hydroxylation is 3. The molecule has 1 amide bonds. The van der Waals surface area contributed by atoms with Crippen LogP contribution in [0.25, 0.3) is 11.0 Å². The number of pyridine rings is 1. The highest BCUT2D eigenvalue weighted by Gasteiger charge is 2.29. The maximum absolute atomic E-state index is 12.7. The number of hydrogen-bond acceptors (Lipinski definition) is 7. The topological polar surface area (TPSA) is 104 Å². The molecule has 9 nitrogen and oxygen atoms in total. The number of carbonyl (C=O) groups excluding carboxylic acids is 3. The van der Waals surface area contributed by atoms with Gasteiger partial charge in [-0.25, -0.2) is 9.78 Å². The minimum Gasteiger partial charge on any atom is -0.466 e. The van der Waals surface area contributed by atoms with Crippen molar-refractivity contribution in [2.24, 2.45) is 13.0 Å². The molecule has 29 heavy (non-hydrogen) atoms. The largest absolute Gasteiger partial charge is 0.466 e. The monoisotopic (exact) mass is 402 g/mol. The molecule has 0 N–H and O–H groups in total. The molecule has 0 bridgehead atoms. The Balaban J connectivity index is 1.61. The molecule has 0 saturated carbocycles. The van der Waals surface area contributed by atoms with Gasteiger partial charge in [0.05, 0.1) is 29.2 Å². The molecule has 1 saturated heterocycles. The number of likely N-dealkylation sites (tertiary alicyclic amines) is 1. The van der Waals surface area contributed by atoms with Crippen LogP contribution >= 0.6 is 0 Å². The molecule has 3 rings (SSSR count). The predicted octanol–water partition coefficient (Wildman–Crippen LogP) is 1.54. The van der Waals surface area contributed by atoms with Crippen molar-refractivity contribution in [2.45, 2.75) is 33.6 Å². The number of nitrogens with zero attached hydrogens (tertiary/aromatic N) is 4. The van der Waals surface area contributed by atoms with E-state index < -0.39 is 5.97 Å². The molecule has 0 aromatic carbocycles. The summed E-state index contributed by atoms with van der Waals surface area (Å²) in [5.74, 6) is -1.24. The Labute approximate surface area is 169 Å². The first-order valence-corrected chi connectivity index (χ1v) is 9.74. The summed E-state index contributed by atoms with van der Waals surface area (Å²) in [6, 6.07) is 1.65. The van der Waals surface area contributed by atoms with Crippen LogP contribution in [0, 0.1) is 19.8 Å². The molecule has 3 heterocycles. The van der Waals surface area contributed by atoms with Gasteiger partial charge in [0, 0.05) is 25.8 Å². The lowest BCUT2D eigenvalue weighted by Crippen LogP contribution is -2.42. The third kappa shape index (κ3) is 4.38. The van der Waals surface area contributed by atoms with E-state index in [1.165, 1.54) is 0 Å². The number of piperidine rings is 1. The summed E-state index contributed by atoms with van der Waals surface area (Å²) < 4.78 is 12.0. The Morgan fingerprint density at radius 3 is 2.52 bits per heavy atom. The molecule has 0 unspecified atom stereocenters. The number of fused-ring (bicyclic) bond motifs is 1. The molecule has 2 aromatic rings. The number of ether oxygens (including phenoxy) is 2. The third-order valence-corrected chi connectivity index (χ3v) is 5.11. The molecular weight excluding hydrogens is 376 g/mol. The highest BCUT2D eigenvalue weighted by Crippen LogP contribution is 2.23. The van der Waals surface area contributed by atoms with E-state index >= 15 is 0 Å². The fraction of sp³-hybridized carbons (Fsp3) is 0.550. The van der Waals surface area contributed by atoms with E-state index in [4.69, 9.17) is 9.47 Å². The Hall–Kier alpha value is -2.97. The van der Waals surface area contributed by atoms with Gasteiger partial charge in [-0.3, -0.25) is 14.3 Å². The normalized spacial score (nSPS) is 14.8. The van der Waals surface area contributed by atoms with E-state index in [1.807, 2.05) is 0 Å². The van der Waals surface area contributed by atoms with Gasteiger partial charge in [0.2, 0.25) is 0 Å². The van der Waals surface area contributed by atoms with Gasteiger partial charge < -0.3 is 14.4 Å². The Morgan fingerprint density at radius 1 is 1.17 bits per heavy atom. The van der Waals surface area contributed by atoms with Gasteiger partial charge in [0.1, 0.15) is 0 Å². The Kier molecular flexibility index (Phi) is 6.14. The van der Waals surface area contributed by atoms with E-state index in [-0.39, 0.29) is 24.4 Å². The molecule has 0 spiro atoms. The van der Waals surface area contributed by atoms with Crippen LogP contribution in [0.4, 0.5) is 0 Å². The molecule has 2 aromatic heterocycles. The summed E-state index contributed by atoms with van der Waals surface area (Å²) in [5.41, 5.74) is 2.29. The summed E-state index contributed by atoms with van der Waals surface area (Å²) in [7, 11) is 1.76. The highest BCUT2D eigenvalue weighted by molar-refractivity contribution is 6.04.